The van der Waals surface area contributed by atoms with Crippen molar-refractivity contribution < 1.29 is 32.6 Å². The molecule has 1 fully saturated rings. The van der Waals surface area contributed by atoms with Gasteiger partial charge in [0.25, 0.3) is 6.47 Å². The summed E-state index contributed by atoms with van der Waals surface area (Å²) in [7, 11) is 1.83. The first-order valence-corrected chi connectivity index (χ1v) is 9.40. The number of aromatic nitrogens is 4. The minimum Gasteiger partial charge on any atom is -0.507 e. The van der Waals surface area contributed by atoms with E-state index in [2.05, 4.69) is 20.5 Å². The molecule has 1 saturated heterocycles. The molecule has 9 nitrogen and oxygen atoms in total. The van der Waals surface area contributed by atoms with Crippen LogP contribution in [0.5, 0.6) is 5.75 Å². The van der Waals surface area contributed by atoms with Crippen molar-refractivity contribution in [3.8, 4) is 17.0 Å². The summed E-state index contributed by atoms with van der Waals surface area (Å²) in [5, 5.41) is 28.4. The average Bonchev–Trinajstić information content (AvgIpc) is 3.18. The standard InChI is InChI=1S/C18H18F4N6O.CH2O2/c1-27-7-11(19)5-12(8-27)24-17-26-25-16(14-6-23-9-28(14)17)13-3-2-10(4-15(13)29)18(20,21)22;2-1-3/h2-4,6,9,11-12,29H,5,7-8H2,1H3,(H,24,26);1H,(H,2,3)/t11-,12-;/m1./s1. The van der Waals surface area contributed by atoms with E-state index in [-0.39, 0.29) is 23.8 Å². The fourth-order valence-electron chi connectivity index (χ4n) is 3.57. The van der Waals surface area contributed by atoms with Gasteiger partial charge in [-0.15, -0.1) is 10.2 Å². The quantitative estimate of drug-likeness (QED) is 0.407. The van der Waals surface area contributed by atoms with Gasteiger partial charge in [-0.2, -0.15) is 13.2 Å². The number of anilines is 1. The third-order valence-electron chi connectivity index (χ3n) is 4.85. The van der Waals surface area contributed by atoms with Gasteiger partial charge >= 0.3 is 6.18 Å². The Morgan fingerprint density at radius 1 is 1.25 bits per heavy atom. The van der Waals surface area contributed by atoms with Crippen molar-refractivity contribution in [2.75, 3.05) is 25.5 Å². The molecule has 0 radical (unpaired) electrons. The second kappa shape index (κ2) is 9.34. The average molecular weight is 456 g/mol. The molecule has 0 amide bonds. The topological polar surface area (TPSA) is 116 Å². The molecule has 3 heterocycles. The molecular weight excluding hydrogens is 436 g/mol. The summed E-state index contributed by atoms with van der Waals surface area (Å²) in [4.78, 5) is 14.3. The summed E-state index contributed by atoms with van der Waals surface area (Å²) >= 11 is 0. The molecule has 0 bridgehead atoms. The van der Waals surface area contributed by atoms with Gasteiger partial charge in [0.2, 0.25) is 5.95 Å². The van der Waals surface area contributed by atoms with E-state index in [1.165, 1.54) is 12.5 Å². The van der Waals surface area contributed by atoms with Crippen LogP contribution in [0.25, 0.3) is 16.8 Å². The van der Waals surface area contributed by atoms with Crippen LogP contribution in [-0.4, -0.2) is 73.5 Å². The van der Waals surface area contributed by atoms with E-state index < -0.39 is 23.7 Å². The predicted octanol–water partition coefficient (Wildman–Crippen LogP) is 2.67. The second-order valence-corrected chi connectivity index (χ2v) is 7.25. The van der Waals surface area contributed by atoms with E-state index in [0.29, 0.717) is 37.0 Å². The number of alkyl halides is 4. The first-order valence-electron chi connectivity index (χ1n) is 9.40. The molecular formula is C19H20F4N6O3. The first kappa shape index (κ1) is 23.2. The number of fused-ring (bicyclic) bond motifs is 1. The number of piperidine rings is 1. The summed E-state index contributed by atoms with van der Waals surface area (Å²) < 4.78 is 53.9. The van der Waals surface area contributed by atoms with Crippen LogP contribution in [0.4, 0.5) is 23.5 Å². The summed E-state index contributed by atoms with van der Waals surface area (Å²) in [5.41, 5.74) is -0.234. The number of likely N-dealkylation sites (N-methyl/N-ethyl adjacent to an activating group) is 1. The third-order valence-corrected chi connectivity index (χ3v) is 4.85. The smallest absolute Gasteiger partial charge is 0.416 e. The number of carbonyl (C=O) groups is 1. The van der Waals surface area contributed by atoms with Crippen molar-refractivity contribution in [1.29, 1.82) is 0 Å². The first-order chi connectivity index (χ1) is 15.1. The largest absolute Gasteiger partial charge is 0.507 e. The fraction of sp³-hybridized carbons (Fsp3) is 0.368. The van der Waals surface area contributed by atoms with Gasteiger partial charge in [-0.3, -0.25) is 9.20 Å². The van der Waals surface area contributed by atoms with Crippen molar-refractivity contribution in [3.63, 3.8) is 0 Å². The molecule has 2 aromatic heterocycles. The van der Waals surface area contributed by atoms with Gasteiger partial charge in [0, 0.05) is 31.1 Å². The van der Waals surface area contributed by atoms with Gasteiger partial charge < -0.3 is 20.4 Å². The van der Waals surface area contributed by atoms with E-state index >= 15 is 0 Å². The molecule has 0 saturated carbocycles. The van der Waals surface area contributed by atoms with E-state index in [1.807, 2.05) is 11.9 Å². The molecule has 0 unspecified atom stereocenters. The zero-order valence-corrected chi connectivity index (χ0v) is 16.8. The highest BCUT2D eigenvalue weighted by atomic mass is 19.4. The lowest BCUT2D eigenvalue weighted by atomic mass is 10.1. The van der Waals surface area contributed by atoms with Crippen LogP contribution in [0, 0.1) is 0 Å². The van der Waals surface area contributed by atoms with Gasteiger partial charge in [0.05, 0.1) is 17.3 Å². The highest BCUT2D eigenvalue weighted by molar-refractivity contribution is 5.80. The molecule has 1 aliphatic rings. The maximum Gasteiger partial charge on any atom is 0.416 e. The number of imidazole rings is 1. The predicted molar refractivity (Wildman–Crippen MR) is 106 cm³/mol. The van der Waals surface area contributed by atoms with Gasteiger partial charge in [-0.05, 0) is 25.2 Å². The zero-order chi connectivity index (χ0) is 23.5. The Morgan fingerprint density at radius 2 is 1.97 bits per heavy atom. The highest BCUT2D eigenvalue weighted by Gasteiger charge is 2.31. The number of halogens is 4. The molecule has 0 aliphatic carbocycles. The van der Waals surface area contributed by atoms with E-state index in [9.17, 15) is 22.7 Å². The van der Waals surface area contributed by atoms with Gasteiger partial charge in [-0.1, -0.05) is 0 Å². The Kier molecular flexibility index (Phi) is 6.77. The molecule has 32 heavy (non-hydrogen) atoms. The Balaban J connectivity index is 0.000000913. The molecule has 0 spiro atoms. The summed E-state index contributed by atoms with van der Waals surface area (Å²) in [6.07, 6.45) is -2.26. The van der Waals surface area contributed by atoms with Gasteiger partial charge in [0.15, 0.2) is 0 Å². The van der Waals surface area contributed by atoms with Crippen LogP contribution < -0.4 is 5.32 Å². The van der Waals surface area contributed by atoms with Crippen LogP contribution in [0.15, 0.2) is 30.7 Å². The summed E-state index contributed by atoms with van der Waals surface area (Å²) in [6, 6.07) is 2.48. The Bertz CT molecular complexity index is 1080. The maximum atomic E-state index is 13.8. The number of hydrogen-bond acceptors (Lipinski definition) is 7. The Hall–Kier alpha value is -3.48. The Labute approximate surface area is 179 Å². The SMILES string of the molecule is CN1C[C@H](F)C[C@@H](Nc2nnc(-c3ccc(C(F)(F)F)cc3O)c3cncn23)C1.O=CO. The molecule has 13 heteroatoms. The number of carboxylic acid groups (broad SMARTS) is 1. The van der Waals surface area contributed by atoms with Crippen LogP contribution in [0.2, 0.25) is 0 Å². The minimum atomic E-state index is -4.57. The van der Waals surface area contributed by atoms with E-state index in [0.717, 1.165) is 12.1 Å². The lowest BCUT2D eigenvalue weighted by Crippen LogP contribution is -2.45. The van der Waals surface area contributed by atoms with Crippen LogP contribution in [0.3, 0.4) is 0 Å². The number of aromatic hydroxyl groups is 1. The van der Waals surface area contributed by atoms with Crippen molar-refractivity contribution in [3.05, 3.63) is 36.3 Å². The molecule has 3 N–H and O–H groups in total. The number of nitrogens with one attached hydrogen (secondary N) is 1. The number of hydrogen-bond donors (Lipinski definition) is 3. The number of phenols is 1. The van der Waals surface area contributed by atoms with Crippen molar-refractivity contribution in [2.24, 2.45) is 0 Å². The van der Waals surface area contributed by atoms with Gasteiger partial charge in [-0.25, -0.2) is 9.37 Å². The lowest BCUT2D eigenvalue weighted by Gasteiger charge is -2.32. The van der Waals surface area contributed by atoms with Crippen molar-refractivity contribution in [1.82, 2.24) is 24.5 Å². The van der Waals surface area contributed by atoms with Crippen molar-refractivity contribution in [2.45, 2.75) is 24.8 Å². The number of benzene rings is 1. The number of phenolic OH excluding ortho intramolecular Hbond substituents is 1. The zero-order valence-electron chi connectivity index (χ0n) is 16.8. The summed E-state index contributed by atoms with van der Waals surface area (Å²) in [6.45, 7) is 0.746. The Morgan fingerprint density at radius 3 is 2.59 bits per heavy atom. The van der Waals surface area contributed by atoms with Crippen LogP contribution in [-0.2, 0) is 11.0 Å². The number of nitrogens with zero attached hydrogens (tertiary/aromatic N) is 5. The lowest BCUT2D eigenvalue weighted by molar-refractivity contribution is -0.137. The molecule has 4 rings (SSSR count). The second-order valence-electron chi connectivity index (χ2n) is 7.25. The summed E-state index contributed by atoms with van der Waals surface area (Å²) in [5.74, 6) is -0.229. The van der Waals surface area contributed by atoms with Crippen LogP contribution in [0.1, 0.15) is 12.0 Å². The van der Waals surface area contributed by atoms with E-state index in [1.54, 1.807) is 4.40 Å². The fourth-order valence-corrected chi connectivity index (χ4v) is 3.57. The molecule has 172 valence electrons. The normalized spacial score (nSPS) is 19.3. The molecule has 3 aromatic rings. The maximum absolute atomic E-state index is 13.8. The molecule has 1 aliphatic heterocycles. The van der Waals surface area contributed by atoms with Crippen molar-refractivity contribution >= 4 is 17.9 Å². The number of rotatable bonds is 3. The highest BCUT2D eigenvalue weighted by Crippen LogP contribution is 2.37. The molecule has 1 aromatic carbocycles. The third kappa shape index (κ3) is 5.04. The van der Waals surface area contributed by atoms with Gasteiger partial charge in [0.1, 0.15) is 23.9 Å². The minimum absolute atomic E-state index is 0.101. The van der Waals surface area contributed by atoms with E-state index in [4.69, 9.17) is 9.90 Å². The van der Waals surface area contributed by atoms with Crippen LogP contribution >= 0.6 is 0 Å². The molecule has 2 atom stereocenters. The number of likely N-dealkylation sites (tertiary alicyclic amines) is 1. The monoisotopic (exact) mass is 456 g/mol.